The van der Waals surface area contributed by atoms with Crippen LogP contribution in [0.15, 0.2) is 30.7 Å². The van der Waals surface area contributed by atoms with Gasteiger partial charge in [-0.3, -0.25) is 4.57 Å². The number of aromatic nitrogens is 3. The minimum atomic E-state index is -0.0939. The average molecular weight is 327 g/mol. The number of hydrogen-bond donors (Lipinski definition) is 2. The monoisotopic (exact) mass is 327 g/mol. The summed E-state index contributed by atoms with van der Waals surface area (Å²) in [5.41, 5.74) is 0.976. The fourth-order valence-corrected chi connectivity index (χ4v) is 3.27. The van der Waals surface area contributed by atoms with Crippen LogP contribution in [0.2, 0.25) is 0 Å². The number of amides is 2. The summed E-state index contributed by atoms with van der Waals surface area (Å²) < 4.78 is 1.92. The largest absolute Gasteiger partial charge is 0.335 e. The highest BCUT2D eigenvalue weighted by atomic mass is 16.2. The fourth-order valence-electron chi connectivity index (χ4n) is 3.27. The van der Waals surface area contributed by atoms with Crippen LogP contribution in [-0.2, 0) is 6.54 Å². The van der Waals surface area contributed by atoms with Gasteiger partial charge < -0.3 is 10.6 Å². The van der Waals surface area contributed by atoms with E-state index in [0.29, 0.717) is 18.5 Å². The van der Waals surface area contributed by atoms with E-state index in [9.17, 15) is 4.79 Å². The van der Waals surface area contributed by atoms with Crippen molar-refractivity contribution in [2.75, 3.05) is 0 Å². The molecule has 2 aromatic rings. The molecule has 128 valence electrons. The van der Waals surface area contributed by atoms with Crippen molar-refractivity contribution in [1.29, 1.82) is 0 Å². The zero-order valence-electron chi connectivity index (χ0n) is 14.3. The number of imidazole rings is 1. The Kier molecular flexibility index (Phi) is 5.13. The van der Waals surface area contributed by atoms with Gasteiger partial charge >= 0.3 is 6.03 Å². The summed E-state index contributed by atoms with van der Waals surface area (Å²) in [7, 11) is 0. The van der Waals surface area contributed by atoms with E-state index in [0.717, 1.165) is 30.0 Å². The van der Waals surface area contributed by atoms with Crippen molar-refractivity contribution in [3.8, 4) is 5.82 Å². The second-order valence-electron chi connectivity index (χ2n) is 6.66. The van der Waals surface area contributed by atoms with Gasteiger partial charge in [-0.05, 0) is 37.3 Å². The van der Waals surface area contributed by atoms with Crippen LogP contribution < -0.4 is 10.6 Å². The third-order valence-electron chi connectivity index (χ3n) is 4.61. The number of aryl methyl sites for hydroxylation is 1. The molecule has 0 bridgehead atoms. The van der Waals surface area contributed by atoms with E-state index in [1.807, 2.05) is 29.8 Å². The molecule has 6 heteroatoms. The maximum Gasteiger partial charge on any atom is 0.315 e. The van der Waals surface area contributed by atoms with Gasteiger partial charge in [0.05, 0.1) is 0 Å². The van der Waals surface area contributed by atoms with Crippen molar-refractivity contribution in [2.24, 2.45) is 5.92 Å². The molecule has 6 nitrogen and oxygen atoms in total. The topological polar surface area (TPSA) is 71.8 Å². The molecule has 1 aliphatic carbocycles. The summed E-state index contributed by atoms with van der Waals surface area (Å²) in [5.74, 6) is 2.43. The molecule has 0 saturated heterocycles. The van der Waals surface area contributed by atoms with E-state index in [1.54, 1.807) is 12.4 Å². The molecule has 1 fully saturated rings. The standard InChI is InChI=1S/C18H25N5O/c1-13-4-3-5-16(10-13)22-18(24)21-12-15-6-7-17(20-11-15)23-9-8-19-14(23)2/h6-9,11,13,16H,3-5,10,12H2,1-2H3,(H2,21,22,24)/t13-,16-/m1/s1. The molecule has 0 spiro atoms. The number of rotatable bonds is 4. The van der Waals surface area contributed by atoms with Crippen LogP contribution >= 0.6 is 0 Å². The van der Waals surface area contributed by atoms with Gasteiger partial charge in [-0.15, -0.1) is 0 Å². The number of hydrogen-bond acceptors (Lipinski definition) is 3. The van der Waals surface area contributed by atoms with Crippen molar-refractivity contribution in [2.45, 2.75) is 52.1 Å². The summed E-state index contributed by atoms with van der Waals surface area (Å²) in [6, 6.07) is 4.12. The molecule has 1 aliphatic rings. The molecule has 0 radical (unpaired) electrons. The predicted octanol–water partition coefficient (Wildman–Crippen LogP) is 2.95. The van der Waals surface area contributed by atoms with Crippen LogP contribution in [0.3, 0.4) is 0 Å². The number of pyridine rings is 1. The Hall–Kier alpha value is -2.37. The van der Waals surface area contributed by atoms with Gasteiger partial charge in [-0.2, -0.15) is 0 Å². The molecule has 2 amide bonds. The van der Waals surface area contributed by atoms with E-state index < -0.39 is 0 Å². The predicted molar refractivity (Wildman–Crippen MR) is 92.9 cm³/mol. The Balaban J connectivity index is 1.49. The minimum Gasteiger partial charge on any atom is -0.335 e. The number of nitrogens with one attached hydrogen (secondary N) is 2. The molecular weight excluding hydrogens is 302 g/mol. The van der Waals surface area contributed by atoms with Gasteiger partial charge in [0.2, 0.25) is 0 Å². The first kappa shape index (κ1) is 16.5. The SMILES string of the molecule is Cc1nccn1-c1ccc(CNC(=O)N[C@@H]2CCC[C@@H](C)C2)cn1. The first-order chi connectivity index (χ1) is 11.6. The lowest BCUT2D eigenvalue weighted by molar-refractivity contribution is 0.227. The van der Waals surface area contributed by atoms with E-state index in [-0.39, 0.29) is 6.03 Å². The van der Waals surface area contributed by atoms with Crippen LogP contribution in [-0.4, -0.2) is 26.6 Å². The quantitative estimate of drug-likeness (QED) is 0.907. The fraction of sp³-hybridized carbons (Fsp3) is 0.500. The Morgan fingerprint density at radius 3 is 2.88 bits per heavy atom. The zero-order valence-corrected chi connectivity index (χ0v) is 14.3. The highest BCUT2D eigenvalue weighted by Gasteiger charge is 2.20. The molecule has 0 aliphatic heterocycles. The lowest BCUT2D eigenvalue weighted by atomic mass is 9.87. The summed E-state index contributed by atoms with van der Waals surface area (Å²) in [4.78, 5) is 20.7. The van der Waals surface area contributed by atoms with Crippen LogP contribution in [0.1, 0.15) is 44.0 Å². The highest BCUT2D eigenvalue weighted by molar-refractivity contribution is 5.74. The van der Waals surface area contributed by atoms with Crippen molar-refractivity contribution in [3.05, 3.63) is 42.1 Å². The van der Waals surface area contributed by atoms with Crippen molar-refractivity contribution < 1.29 is 4.79 Å². The maximum absolute atomic E-state index is 12.0. The first-order valence-electron chi connectivity index (χ1n) is 8.61. The molecule has 3 rings (SSSR count). The molecule has 2 atom stereocenters. The zero-order chi connectivity index (χ0) is 16.9. The molecule has 0 unspecified atom stereocenters. The Morgan fingerprint density at radius 2 is 2.21 bits per heavy atom. The molecule has 24 heavy (non-hydrogen) atoms. The second kappa shape index (κ2) is 7.47. The van der Waals surface area contributed by atoms with E-state index in [2.05, 4.69) is 27.5 Å². The van der Waals surface area contributed by atoms with Gasteiger partial charge in [0.15, 0.2) is 0 Å². The van der Waals surface area contributed by atoms with Crippen LogP contribution in [0.5, 0.6) is 0 Å². The number of carbonyl (C=O) groups is 1. The first-order valence-corrected chi connectivity index (χ1v) is 8.61. The van der Waals surface area contributed by atoms with Crippen LogP contribution in [0, 0.1) is 12.8 Å². The summed E-state index contributed by atoms with van der Waals surface area (Å²) >= 11 is 0. The van der Waals surface area contributed by atoms with E-state index in [1.165, 1.54) is 12.8 Å². The maximum atomic E-state index is 12.0. The van der Waals surface area contributed by atoms with Gasteiger partial charge in [0.25, 0.3) is 0 Å². The Morgan fingerprint density at radius 1 is 1.33 bits per heavy atom. The highest BCUT2D eigenvalue weighted by Crippen LogP contribution is 2.23. The van der Waals surface area contributed by atoms with Crippen LogP contribution in [0.25, 0.3) is 5.82 Å². The number of carbonyl (C=O) groups excluding carboxylic acids is 1. The summed E-state index contributed by atoms with van der Waals surface area (Å²) in [5, 5.41) is 6.00. The lowest BCUT2D eigenvalue weighted by Crippen LogP contribution is -2.43. The number of nitrogens with zero attached hydrogens (tertiary/aromatic N) is 3. The van der Waals surface area contributed by atoms with Crippen molar-refractivity contribution >= 4 is 6.03 Å². The smallest absolute Gasteiger partial charge is 0.315 e. The minimum absolute atomic E-state index is 0.0939. The van der Waals surface area contributed by atoms with E-state index in [4.69, 9.17) is 0 Å². The van der Waals surface area contributed by atoms with Gasteiger partial charge in [0.1, 0.15) is 11.6 Å². The molecule has 2 aromatic heterocycles. The summed E-state index contributed by atoms with van der Waals surface area (Å²) in [6.07, 6.45) is 10.1. The van der Waals surface area contributed by atoms with Crippen LogP contribution in [0.4, 0.5) is 4.79 Å². The lowest BCUT2D eigenvalue weighted by Gasteiger charge is -2.27. The molecule has 1 saturated carbocycles. The van der Waals surface area contributed by atoms with E-state index >= 15 is 0 Å². The molecule has 0 aromatic carbocycles. The number of urea groups is 1. The Bertz CT molecular complexity index is 679. The van der Waals surface area contributed by atoms with Crippen molar-refractivity contribution in [1.82, 2.24) is 25.2 Å². The van der Waals surface area contributed by atoms with Gasteiger partial charge in [0, 0.05) is 31.2 Å². The Labute approximate surface area is 142 Å². The third-order valence-corrected chi connectivity index (χ3v) is 4.61. The average Bonchev–Trinajstić information content (AvgIpc) is 2.99. The summed E-state index contributed by atoms with van der Waals surface area (Å²) in [6.45, 7) is 4.67. The normalized spacial score (nSPS) is 20.6. The molecule has 2 heterocycles. The third kappa shape index (κ3) is 4.13. The second-order valence-corrected chi connectivity index (χ2v) is 6.66. The molecule has 2 N–H and O–H groups in total. The molecular formula is C18H25N5O. The van der Waals surface area contributed by atoms with Gasteiger partial charge in [-0.1, -0.05) is 25.8 Å². The van der Waals surface area contributed by atoms with Gasteiger partial charge in [-0.25, -0.2) is 14.8 Å². The van der Waals surface area contributed by atoms with Crippen molar-refractivity contribution in [3.63, 3.8) is 0 Å².